The summed E-state index contributed by atoms with van der Waals surface area (Å²) in [6.45, 7) is 3.25. The molecule has 1 aromatic carbocycles. The predicted molar refractivity (Wildman–Crippen MR) is 61.5 cm³/mol. The molecular weight excluding hydrogens is 240 g/mol. The maximum Gasteiger partial charge on any atom is 0.334 e. The van der Waals surface area contributed by atoms with E-state index in [1.807, 2.05) is 5.48 Å². The van der Waals surface area contributed by atoms with Gasteiger partial charge in [-0.3, -0.25) is 14.9 Å². The van der Waals surface area contributed by atoms with Gasteiger partial charge in [-0.2, -0.15) is 5.48 Å². The van der Waals surface area contributed by atoms with Crippen molar-refractivity contribution >= 4 is 17.6 Å². The number of nitrogens with one attached hydrogen (secondary N) is 1. The second-order valence-electron chi connectivity index (χ2n) is 3.81. The third-order valence-electron chi connectivity index (χ3n) is 2.06. The Labute approximate surface area is 103 Å². The number of nitro benzene ring substituents is 1. The van der Waals surface area contributed by atoms with E-state index in [2.05, 4.69) is 4.84 Å². The van der Waals surface area contributed by atoms with Crippen LogP contribution in [0.5, 0.6) is 0 Å². The number of carbonyl (C=O) groups excluding carboxylic acids is 2. The first-order valence-electron chi connectivity index (χ1n) is 5.17. The summed E-state index contributed by atoms with van der Waals surface area (Å²) in [5.74, 6) is -1.56. The van der Waals surface area contributed by atoms with Gasteiger partial charge in [-0.15, -0.1) is 0 Å². The molecule has 0 bridgehead atoms. The molecule has 7 nitrogen and oxygen atoms in total. The van der Waals surface area contributed by atoms with Gasteiger partial charge in [0.2, 0.25) is 0 Å². The fourth-order valence-corrected chi connectivity index (χ4v) is 1.01. The maximum absolute atomic E-state index is 11.5. The molecule has 1 aromatic rings. The standard InChI is InChI=1S/C11H12N2O5/c1-7(2)11(15)18-12-10(14)8-3-5-9(6-4-8)13(16)17/h3-7H,1-2H3,(H,12,14). The molecule has 1 N–H and O–H groups in total. The number of nitrogens with zero attached hydrogens (tertiary/aromatic N) is 1. The Morgan fingerprint density at radius 1 is 1.28 bits per heavy atom. The van der Waals surface area contributed by atoms with Gasteiger partial charge in [0.25, 0.3) is 11.6 Å². The molecule has 0 aliphatic heterocycles. The predicted octanol–water partition coefficient (Wildman–Crippen LogP) is 1.44. The average molecular weight is 252 g/mol. The van der Waals surface area contributed by atoms with Gasteiger partial charge in [0.15, 0.2) is 0 Å². The van der Waals surface area contributed by atoms with Crippen molar-refractivity contribution in [2.45, 2.75) is 13.8 Å². The third-order valence-corrected chi connectivity index (χ3v) is 2.06. The molecule has 1 amide bonds. The quantitative estimate of drug-likeness (QED) is 0.648. The number of nitro groups is 1. The van der Waals surface area contributed by atoms with Crippen molar-refractivity contribution in [1.82, 2.24) is 5.48 Å². The number of hydroxylamine groups is 1. The van der Waals surface area contributed by atoms with Crippen LogP contribution >= 0.6 is 0 Å². The summed E-state index contributed by atoms with van der Waals surface area (Å²) in [5, 5.41) is 10.4. The fraction of sp³-hybridized carbons (Fsp3) is 0.273. The lowest BCUT2D eigenvalue weighted by Crippen LogP contribution is -2.29. The van der Waals surface area contributed by atoms with Crippen LogP contribution in [-0.2, 0) is 9.63 Å². The molecule has 0 radical (unpaired) electrons. The highest BCUT2D eigenvalue weighted by atomic mass is 16.7. The van der Waals surface area contributed by atoms with E-state index in [9.17, 15) is 19.7 Å². The summed E-state index contributed by atoms with van der Waals surface area (Å²) in [7, 11) is 0. The summed E-state index contributed by atoms with van der Waals surface area (Å²) in [4.78, 5) is 37.0. The van der Waals surface area contributed by atoms with Gasteiger partial charge in [0.05, 0.1) is 10.8 Å². The number of non-ortho nitro benzene ring substituents is 1. The van der Waals surface area contributed by atoms with Crippen molar-refractivity contribution in [2.24, 2.45) is 5.92 Å². The number of amides is 1. The highest BCUT2D eigenvalue weighted by molar-refractivity contribution is 5.94. The highest BCUT2D eigenvalue weighted by Gasteiger charge is 2.13. The molecule has 0 unspecified atom stereocenters. The lowest BCUT2D eigenvalue weighted by atomic mass is 10.2. The van der Waals surface area contributed by atoms with Gasteiger partial charge >= 0.3 is 5.97 Å². The van der Waals surface area contributed by atoms with Crippen LogP contribution in [0.3, 0.4) is 0 Å². The molecule has 96 valence electrons. The van der Waals surface area contributed by atoms with Crippen LogP contribution in [0.2, 0.25) is 0 Å². The van der Waals surface area contributed by atoms with E-state index in [0.717, 1.165) is 0 Å². The van der Waals surface area contributed by atoms with Crippen LogP contribution in [0, 0.1) is 16.0 Å². The van der Waals surface area contributed by atoms with Gasteiger partial charge in [-0.1, -0.05) is 13.8 Å². The van der Waals surface area contributed by atoms with E-state index in [4.69, 9.17) is 0 Å². The van der Waals surface area contributed by atoms with E-state index < -0.39 is 16.8 Å². The Hall–Kier alpha value is -2.44. The monoisotopic (exact) mass is 252 g/mol. The summed E-state index contributed by atoms with van der Waals surface area (Å²) in [6.07, 6.45) is 0. The van der Waals surface area contributed by atoms with Crippen LogP contribution in [0.4, 0.5) is 5.69 Å². The van der Waals surface area contributed by atoms with E-state index in [1.54, 1.807) is 13.8 Å². The molecule has 0 aromatic heterocycles. The minimum atomic E-state index is -0.640. The second kappa shape index (κ2) is 5.76. The van der Waals surface area contributed by atoms with Crippen LogP contribution in [0.1, 0.15) is 24.2 Å². The SMILES string of the molecule is CC(C)C(=O)ONC(=O)c1ccc([N+](=O)[O-])cc1. The van der Waals surface area contributed by atoms with Gasteiger partial charge in [0, 0.05) is 17.7 Å². The molecule has 0 fully saturated rings. The first kappa shape index (κ1) is 13.6. The Morgan fingerprint density at radius 3 is 2.28 bits per heavy atom. The maximum atomic E-state index is 11.5. The smallest absolute Gasteiger partial charge is 0.334 e. The molecule has 1 rings (SSSR count). The van der Waals surface area contributed by atoms with Crippen molar-refractivity contribution < 1.29 is 19.3 Å². The number of benzene rings is 1. The zero-order valence-corrected chi connectivity index (χ0v) is 9.88. The molecular formula is C11H12N2O5. The third kappa shape index (κ3) is 3.55. The van der Waals surface area contributed by atoms with Gasteiger partial charge in [0.1, 0.15) is 0 Å². The normalized spacial score (nSPS) is 9.94. The Kier molecular flexibility index (Phi) is 4.36. The lowest BCUT2D eigenvalue weighted by Gasteiger charge is -2.07. The average Bonchev–Trinajstić information content (AvgIpc) is 2.35. The van der Waals surface area contributed by atoms with Crippen LogP contribution in [0.15, 0.2) is 24.3 Å². The second-order valence-corrected chi connectivity index (χ2v) is 3.81. The zero-order valence-electron chi connectivity index (χ0n) is 9.88. The number of hydrogen-bond donors (Lipinski definition) is 1. The van der Waals surface area contributed by atoms with Gasteiger partial charge in [-0.05, 0) is 12.1 Å². The number of hydrogen-bond acceptors (Lipinski definition) is 5. The Bertz CT molecular complexity index is 467. The van der Waals surface area contributed by atoms with Crippen LogP contribution in [-0.4, -0.2) is 16.8 Å². The molecule has 0 saturated carbocycles. The number of carbonyl (C=O) groups is 2. The fourth-order valence-electron chi connectivity index (χ4n) is 1.01. The van der Waals surface area contributed by atoms with Crippen molar-refractivity contribution in [3.05, 3.63) is 39.9 Å². The lowest BCUT2D eigenvalue weighted by molar-refractivity contribution is -0.384. The summed E-state index contributed by atoms with van der Waals surface area (Å²) < 4.78 is 0. The Morgan fingerprint density at radius 2 is 1.83 bits per heavy atom. The molecule has 0 aliphatic rings. The molecule has 0 aliphatic carbocycles. The first-order chi connectivity index (χ1) is 8.41. The molecule has 0 heterocycles. The molecule has 7 heteroatoms. The van der Waals surface area contributed by atoms with Gasteiger partial charge in [-0.25, -0.2) is 4.79 Å². The minimum absolute atomic E-state index is 0.120. The summed E-state index contributed by atoms with van der Waals surface area (Å²) in [6, 6.07) is 4.94. The topological polar surface area (TPSA) is 98.5 Å². The van der Waals surface area contributed by atoms with E-state index in [-0.39, 0.29) is 17.2 Å². The van der Waals surface area contributed by atoms with Crippen molar-refractivity contribution in [3.63, 3.8) is 0 Å². The minimum Gasteiger partial charge on any atom is -0.340 e. The molecule has 0 spiro atoms. The Balaban J connectivity index is 2.62. The molecule has 0 saturated heterocycles. The zero-order chi connectivity index (χ0) is 13.7. The largest absolute Gasteiger partial charge is 0.340 e. The van der Waals surface area contributed by atoms with Crippen LogP contribution in [0.25, 0.3) is 0 Å². The van der Waals surface area contributed by atoms with Crippen molar-refractivity contribution in [1.29, 1.82) is 0 Å². The van der Waals surface area contributed by atoms with E-state index in [1.165, 1.54) is 24.3 Å². The van der Waals surface area contributed by atoms with Gasteiger partial charge < -0.3 is 4.84 Å². The van der Waals surface area contributed by atoms with Crippen LogP contribution < -0.4 is 5.48 Å². The van der Waals surface area contributed by atoms with E-state index >= 15 is 0 Å². The number of rotatable bonds is 3. The van der Waals surface area contributed by atoms with Crippen molar-refractivity contribution in [2.75, 3.05) is 0 Å². The molecule has 18 heavy (non-hydrogen) atoms. The first-order valence-corrected chi connectivity index (χ1v) is 5.17. The molecule has 0 atom stereocenters. The van der Waals surface area contributed by atoms with Crippen molar-refractivity contribution in [3.8, 4) is 0 Å². The highest BCUT2D eigenvalue weighted by Crippen LogP contribution is 2.11. The summed E-state index contributed by atoms with van der Waals surface area (Å²) >= 11 is 0. The van der Waals surface area contributed by atoms with E-state index in [0.29, 0.717) is 0 Å². The summed E-state index contributed by atoms with van der Waals surface area (Å²) in [5.41, 5.74) is 2.01.